The molecule has 0 bridgehead atoms. The normalized spacial score (nSPS) is 10.7. The van der Waals surface area contributed by atoms with Gasteiger partial charge in [-0.25, -0.2) is 9.97 Å². The van der Waals surface area contributed by atoms with Crippen LogP contribution in [0.1, 0.15) is 27.0 Å². The number of amides is 1. The topological polar surface area (TPSA) is 76.6 Å². The van der Waals surface area contributed by atoms with Gasteiger partial charge in [0.05, 0.1) is 19.9 Å². The molecule has 1 amide bonds. The monoisotopic (exact) mass is 604 g/mol. The molecule has 0 aliphatic rings. The lowest BCUT2D eigenvalue weighted by Gasteiger charge is -2.20. The van der Waals surface area contributed by atoms with Crippen LogP contribution in [0.15, 0.2) is 114 Å². The summed E-state index contributed by atoms with van der Waals surface area (Å²) in [4.78, 5) is 24.8. The third kappa shape index (κ3) is 8.17. The molecule has 1 N–H and O–H groups in total. The fraction of sp³-hybridized carbons (Fsp3) is 0.194. The van der Waals surface area contributed by atoms with Crippen LogP contribution in [0.3, 0.4) is 0 Å². The second-order valence-corrected chi connectivity index (χ2v) is 11.2. The number of benzene rings is 4. The van der Waals surface area contributed by atoms with Crippen LogP contribution in [0.4, 0.5) is 5.82 Å². The summed E-state index contributed by atoms with van der Waals surface area (Å²) >= 11 is 1.56. The highest BCUT2D eigenvalue weighted by molar-refractivity contribution is 7.98. The van der Waals surface area contributed by atoms with Crippen LogP contribution >= 0.6 is 11.8 Å². The molecule has 224 valence electrons. The van der Waals surface area contributed by atoms with Crippen molar-refractivity contribution >= 4 is 23.5 Å². The van der Waals surface area contributed by atoms with Gasteiger partial charge in [0.15, 0.2) is 16.7 Å². The molecule has 0 saturated heterocycles. The van der Waals surface area contributed by atoms with Crippen LogP contribution in [0.5, 0.6) is 11.5 Å². The van der Waals surface area contributed by atoms with Crippen molar-refractivity contribution in [2.45, 2.75) is 23.9 Å². The Hall–Kier alpha value is -4.82. The number of nitrogens with zero attached hydrogens (tertiary/aromatic N) is 3. The largest absolute Gasteiger partial charge is 0.493 e. The van der Waals surface area contributed by atoms with E-state index in [0.29, 0.717) is 28.8 Å². The van der Waals surface area contributed by atoms with E-state index in [1.54, 1.807) is 26.0 Å². The Balaban J connectivity index is 1.29. The smallest absolute Gasteiger partial charge is 0.251 e. The molecule has 0 atom stereocenters. The van der Waals surface area contributed by atoms with Gasteiger partial charge in [-0.3, -0.25) is 4.79 Å². The molecule has 5 aromatic rings. The first-order chi connectivity index (χ1) is 21.5. The molecule has 0 saturated carbocycles. The molecule has 8 heteroatoms. The zero-order valence-electron chi connectivity index (χ0n) is 25.2. The number of methoxy groups -OCH3 is 2. The fourth-order valence-electron chi connectivity index (χ4n) is 4.71. The lowest BCUT2D eigenvalue weighted by molar-refractivity contribution is 0.0951. The molecule has 7 nitrogen and oxygen atoms in total. The van der Waals surface area contributed by atoms with Gasteiger partial charge in [-0.2, -0.15) is 0 Å². The van der Waals surface area contributed by atoms with E-state index in [-0.39, 0.29) is 5.91 Å². The third-order valence-corrected chi connectivity index (χ3v) is 8.11. The van der Waals surface area contributed by atoms with Crippen LogP contribution < -0.4 is 19.7 Å². The van der Waals surface area contributed by atoms with Crippen molar-refractivity contribution in [1.29, 1.82) is 0 Å². The Labute approximate surface area is 263 Å². The Morgan fingerprint density at radius 3 is 2.25 bits per heavy atom. The summed E-state index contributed by atoms with van der Waals surface area (Å²) in [5, 5.41) is 3.69. The fourth-order valence-corrected chi connectivity index (χ4v) is 5.50. The molecular formula is C36H36N4O3S. The number of likely N-dealkylation sites (N-methyl/N-ethyl adjacent to an activating group) is 1. The molecule has 1 heterocycles. The van der Waals surface area contributed by atoms with E-state index in [0.717, 1.165) is 52.5 Å². The van der Waals surface area contributed by atoms with Crippen molar-refractivity contribution in [2.75, 3.05) is 32.7 Å². The molecule has 0 spiro atoms. The summed E-state index contributed by atoms with van der Waals surface area (Å²) < 4.78 is 10.9. The second kappa shape index (κ2) is 15.1. The zero-order chi connectivity index (χ0) is 30.7. The molecule has 0 radical (unpaired) electrons. The minimum Gasteiger partial charge on any atom is -0.493 e. The van der Waals surface area contributed by atoms with Gasteiger partial charge < -0.3 is 19.7 Å². The van der Waals surface area contributed by atoms with E-state index in [1.165, 1.54) is 0 Å². The lowest BCUT2D eigenvalue weighted by atomic mass is 10.1. The summed E-state index contributed by atoms with van der Waals surface area (Å²) in [6.45, 7) is 1.24. The highest BCUT2D eigenvalue weighted by Crippen LogP contribution is 2.29. The van der Waals surface area contributed by atoms with Crippen LogP contribution in [0.25, 0.3) is 11.3 Å². The van der Waals surface area contributed by atoms with E-state index in [9.17, 15) is 4.79 Å². The second-order valence-electron chi connectivity index (χ2n) is 10.3. The maximum Gasteiger partial charge on any atom is 0.251 e. The summed E-state index contributed by atoms with van der Waals surface area (Å²) in [5.41, 5.74) is 5.77. The number of hydrogen-bond donors (Lipinski definition) is 1. The highest BCUT2D eigenvalue weighted by Gasteiger charge is 2.13. The molecule has 0 unspecified atom stereocenters. The highest BCUT2D eigenvalue weighted by atomic mass is 32.2. The number of ether oxygens (including phenoxy) is 2. The number of hydrogen-bond acceptors (Lipinski definition) is 7. The molecule has 5 rings (SSSR count). The van der Waals surface area contributed by atoms with Crippen molar-refractivity contribution < 1.29 is 14.3 Å². The minimum atomic E-state index is -0.0959. The molecule has 0 aliphatic heterocycles. The summed E-state index contributed by atoms with van der Waals surface area (Å²) in [6.07, 6.45) is 0.809. The lowest BCUT2D eigenvalue weighted by Crippen LogP contribution is -2.22. The predicted molar refractivity (Wildman–Crippen MR) is 178 cm³/mol. The number of carbonyl (C=O) groups is 1. The van der Waals surface area contributed by atoms with Crippen molar-refractivity contribution in [2.24, 2.45) is 0 Å². The average Bonchev–Trinajstić information content (AvgIpc) is 3.09. The first-order valence-electron chi connectivity index (χ1n) is 14.4. The van der Waals surface area contributed by atoms with Crippen molar-refractivity contribution in [1.82, 2.24) is 15.3 Å². The van der Waals surface area contributed by atoms with Crippen LogP contribution in [-0.4, -0.2) is 43.7 Å². The standard InChI is InChI=1S/C36H36N4O3S/c1-40(20-19-26-17-18-32(42-2)33(22-26)43-3)34-23-31(29-14-8-5-9-15-29)38-36(39-34)44-25-28-13-10-16-30(21-28)35(41)37-24-27-11-6-4-7-12-27/h4-18,21-23H,19-20,24-25H2,1-3H3,(H,37,41). The number of anilines is 1. The van der Waals surface area contributed by atoms with Gasteiger partial charge in [0.2, 0.25) is 0 Å². The van der Waals surface area contributed by atoms with Crippen molar-refractivity contribution in [3.63, 3.8) is 0 Å². The van der Waals surface area contributed by atoms with Gasteiger partial charge in [0.1, 0.15) is 5.82 Å². The van der Waals surface area contributed by atoms with Crippen molar-refractivity contribution in [3.05, 3.63) is 131 Å². The summed E-state index contributed by atoms with van der Waals surface area (Å²) in [7, 11) is 5.33. The first-order valence-corrected chi connectivity index (χ1v) is 15.4. The van der Waals surface area contributed by atoms with Crippen molar-refractivity contribution in [3.8, 4) is 22.8 Å². The quantitative estimate of drug-likeness (QED) is 0.114. The van der Waals surface area contributed by atoms with Gasteiger partial charge in [-0.05, 0) is 47.4 Å². The molecule has 44 heavy (non-hydrogen) atoms. The summed E-state index contributed by atoms with van der Waals surface area (Å²) in [6, 6.07) is 35.8. The Kier molecular flexibility index (Phi) is 10.5. The van der Waals surface area contributed by atoms with E-state index in [2.05, 4.69) is 28.4 Å². The maximum atomic E-state index is 12.8. The van der Waals surface area contributed by atoms with Gasteiger partial charge in [-0.1, -0.05) is 90.6 Å². The van der Waals surface area contributed by atoms with Crippen LogP contribution in [-0.2, 0) is 18.7 Å². The minimum absolute atomic E-state index is 0.0959. The van der Waals surface area contributed by atoms with E-state index < -0.39 is 0 Å². The molecule has 0 aliphatic carbocycles. The Morgan fingerprint density at radius 1 is 0.773 bits per heavy atom. The van der Waals surface area contributed by atoms with Crippen LogP contribution in [0.2, 0.25) is 0 Å². The van der Waals surface area contributed by atoms with Crippen LogP contribution in [0, 0.1) is 0 Å². The molecular weight excluding hydrogens is 568 g/mol. The molecule has 0 fully saturated rings. The zero-order valence-corrected chi connectivity index (χ0v) is 26.0. The number of nitrogens with one attached hydrogen (secondary N) is 1. The third-order valence-electron chi connectivity index (χ3n) is 7.19. The SMILES string of the molecule is COc1ccc(CCN(C)c2cc(-c3ccccc3)nc(SCc3cccc(C(=O)NCc4ccccc4)c3)n2)cc1OC. The maximum absolute atomic E-state index is 12.8. The van der Waals surface area contributed by atoms with E-state index in [1.807, 2.05) is 98.0 Å². The summed E-state index contributed by atoms with van der Waals surface area (Å²) in [5.74, 6) is 2.81. The number of rotatable bonds is 13. The van der Waals surface area contributed by atoms with Gasteiger partial charge in [0.25, 0.3) is 5.91 Å². The van der Waals surface area contributed by atoms with E-state index in [4.69, 9.17) is 19.4 Å². The van der Waals surface area contributed by atoms with Gasteiger partial charge >= 0.3 is 0 Å². The van der Waals surface area contributed by atoms with Gasteiger partial charge in [0, 0.05) is 43.1 Å². The first kappa shape index (κ1) is 30.6. The number of carbonyl (C=O) groups excluding carboxylic acids is 1. The predicted octanol–water partition coefficient (Wildman–Crippen LogP) is 7.06. The molecule has 1 aromatic heterocycles. The molecule has 4 aromatic carbocycles. The number of aromatic nitrogens is 2. The van der Waals surface area contributed by atoms with E-state index >= 15 is 0 Å². The number of thioether (sulfide) groups is 1. The Bertz CT molecular complexity index is 1680. The average molecular weight is 605 g/mol. The Morgan fingerprint density at radius 2 is 1.50 bits per heavy atom. The van der Waals surface area contributed by atoms with Gasteiger partial charge in [-0.15, -0.1) is 0 Å².